The van der Waals surface area contributed by atoms with Crippen LogP contribution in [0.15, 0.2) is 69.1 Å². The van der Waals surface area contributed by atoms with E-state index >= 15 is 0 Å². The zero-order chi connectivity index (χ0) is 15.3. The van der Waals surface area contributed by atoms with Gasteiger partial charge in [-0.2, -0.15) is 13.5 Å². The number of benzene rings is 2. The van der Waals surface area contributed by atoms with E-state index in [9.17, 15) is 8.42 Å². The molecule has 0 saturated carbocycles. The van der Waals surface area contributed by atoms with Crippen LogP contribution in [0.5, 0.6) is 0 Å². The van der Waals surface area contributed by atoms with Crippen LogP contribution in [0.25, 0.3) is 0 Å². The van der Waals surface area contributed by atoms with Crippen molar-refractivity contribution in [3.63, 3.8) is 0 Å². The Labute approximate surface area is 125 Å². The predicted molar refractivity (Wildman–Crippen MR) is 82.7 cm³/mol. The lowest BCUT2D eigenvalue weighted by Gasteiger charge is -2.08. The van der Waals surface area contributed by atoms with Gasteiger partial charge in [-0.15, -0.1) is 0 Å². The molecule has 1 atom stereocenters. The van der Waals surface area contributed by atoms with Gasteiger partial charge in [0, 0.05) is 0 Å². The molecule has 4 nitrogen and oxygen atoms in total. The van der Waals surface area contributed by atoms with E-state index in [1.54, 1.807) is 24.3 Å². The second-order valence-corrected chi connectivity index (χ2v) is 6.40. The first kappa shape index (κ1) is 15.4. The van der Waals surface area contributed by atoms with Crippen molar-refractivity contribution in [3.05, 3.63) is 65.7 Å². The first-order chi connectivity index (χ1) is 10.0. The molecule has 5 heteroatoms. The second kappa shape index (κ2) is 6.63. The quantitative estimate of drug-likeness (QED) is 0.774. The summed E-state index contributed by atoms with van der Waals surface area (Å²) in [4.78, 5) is 0.166. The van der Waals surface area contributed by atoms with E-state index < -0.39 is 10.0 Å². The molecule has 2 rings (SSSR count). The van der Waals surface area contributed by atoms with Gasteiger partial charge in [-0.3, -0.25) is 0 Å². The third-order valence-corrected chi connectivity index (χ3v) is 4.36. The number of hydrogen-bond acceptors (Lipinski definition) is 3. The summed E-state index contributed by atoms with van der Waals surface area (Å²) in [6.45, 7) is 3.86. The summed E-state index contributed by atoms with van der Waals surface area (Å²) in [5.41, 5.74) is 1.96. The molecule has 1 unspecified atom stereocenters. The van der Waals surface area contributed by atoms with Crippen LogP contribution in [0.2, 0.25) is 0 Å². The molecular weight excluding hydrogens is 284 g/mol. The summed E-state index contributed by atoms with van der Waals surface area (Å²) in [5.74, 6) is 0. The highest BCUT2D eigenvalue weighted by atomic mass is 32.2. The van der Waals surface area contributed by atoms with E-state index in [2.05, 4.69) is 9.63 Å². The summed E-state index contributed by atoms with van der Waals surface area (Å²) in [6.07, 6.45) is 0.691. The summed E-state index contributed by atoms with van der Waals surface area (Å²) >= 11 is 0. The van der Waals surface area contributed by atoms with Gasteiger partial charge >= 0.3 is 0 Å². The van der Waals surface area contributed by atoms with Gasteiger partial charge in [-0.25, -0.2) is 0 Å². The minimum absolute atomic E-state index is 0.166. The second-order valence-electron chi connectivity index (χ2n) is 4.82. The largest absolute Gasteiger partial charge is 0.299 e. The Morgan fingerprint density at radius 2 is 1.62 bits per heavy atom. The van der Waals surface area contributed by atoms with Crippen LogP contribution in [0.1, 0.15) is 30.5 Å². The van der Waals surface area contributed by atoms with Crippen molar-refractivity contribution in [3.8, 4) is 0 Å². The molecule has 0 N–H and O–H groups in total. The van der Waals surface area contributed by atoms with E-state index in [-0.39, 0.29) is 10.9 Å². The number of sulfonamides is 1. The van der Waals surface area contributed by atoms with Crippen molar-refractivity contribution >= 4 is 10.0 Å². The number of nitrogens with zero attached hydrogens (tertiary/aromatic N) is 2. The fraction of sp³-hybridized carbons (Fsp3) is 0.250. The predicted octanol–water partition coefficient (Wildman–Crippen LogP) is 4.29. The van der Waals surface area contributed by atoms with Crippen molar-refractivity contribution in [1.29, 1.82) is 0 Å². The first-order valence-electron chi connectivity index (χ1n) is 6.81. The SMILES string of the molecule is CCC(N=NS(=O)(=O)c1ccc(C)cc1)c1ccccc1. The van der Waals surface area contributed by atoms with Gasteiger partial charge in [0.1, 0.15) is 0 Å². The summed E-state index contributed by atoms with van der Waals surface area (Å²) in [6, 6.07) is 15.9. The van der Waals surface area contributed by atoms with Crippen molar-refractivity contribution in [2.24, 2.45) is 9.63 Å². The smallest absolute Gasteiger partial charge is 0.198 e. The molecule has 0 aromatic heterocycles. The maximum absolute atomic E-state index is 12.1. The maximum atomic E-state index is 12.1. The molecule has 0 aliphatic carbocycles. The summed E-state index contributed by atoms with van der Waals surface area (Å²) < 4.78 is 27.9. The number of rotatable bonds is 5. The molecule has 2 aromatic carbocycles. The van der Waals surface area contributed by atoms with Gasteiger partial charge in [0.2, 0.25) is 0 Å². The molecular formula is C16H18N2O2S. The monoisotopic (exact) mass is 302 g/mol. The van der Waals surface area contributed by atoms with Crippen LogP contribution < -0.4 is 0 Å². The Kier molecular flexibility index (Phi) is 4.85. The third kappa shape index (κ3) is 3.98. The molecule has 0 saturated heterocycles. The van der Waals surface area contributed by atoms with Crippen LogP contribution in [0.4, 0.5) is 0 Å². The van der Waals surface area contributed by atoms with Gasteiger partial charge in [0.25, 0.3) is 10.0 Å². The Bertz CT molecular complexity index is 708. The number of hydrogen-bond donors (Lipinski definition) is 0. The highest BCUT2D eigenvalue weighted by Crippen LogP contribution is 2.23. The Morgan fingerprint density at radius 3 is 2.19 bits per heavy atom. The molecule has 0 spiro atoms. The zero-order valence-electron chi connectivity index (χ0n) is 12.1. The van der Waals surface area contributed by atoms with Gasteiger partial charge in [0.15, 0.2) is 0 Å². The Hall–Kier alpha value is -2.01. The van der Waals surface area contributed by atoms with Crippen LogP contribution in [0.3, 0.4) is 0 Å². The highest BCUT2D eigenvalue weighted by Gasteiger charge is 2.14. The van der Waals surface area contributed by atoms with Crippen molar-refractivity contribution in [1.82, 2.24) is 0 Å². The van der Waals surface area contributed by atoms with Gasteiger partial charge in [-0.1, -0.05) is 59.5 Å². The van der Waals surface area contributed by atoms with Crippen molar-refractivity contribution in [2.75, 3.05) is 0 Å². The molecule has 0 aliphatic heterocycles. The van der Waals surface area contributed by atoms with Gasteiger partial charge in [0.05, 0.1) is 10.9 Å². The molecule has 110 valence electrons. The minimum Gasteiger partial charge on any atom is -0.198 e. The molecule has 0 aliphatic rings. The minimum atomic E-state index is -3.73. The van der Waals surface area contributed by atoms with Crippen LogP contribution in [-0.4, -0.2) is 8.42 Å². The number of aryl methyl sites for hydroxylation is 1. The molecule has 21 heavy (non-hydrogen) atoms. The van der Waals surface area contributed by atoms with Crippen molar-refractivity contribution < 1.29 is 8.42 Å². The first-order valence-corrected chi connectivity index (χ1v) is 8.25. The van der Waals surface area contributed by atoms with E-state index in [1.165, 1.54) is 0 Å². The topological polar surface area (TPSA) is 58.9 Å². The van der Waals surface area contributed by atoms with Gasteiger partial charge in [-0.05, 0) is 31.0 Å². The average Bonchev–Trinajstić information content (AvgIpc) is 2.49. The lowest BCUT2D eigenvalue weighted by atomic mass is 10.1. The Balaban J connectivity index is 2.24. The zero-order valence-corrected chi connectivity index (χ0v) is 12.9. The third-order valence-electron chi connectivity index (χ3n) is 3.18. The standard InChI is InChI=1S/C16H18N2O2S/c1-3-16(14-7-5-4-6-8-14)17-18-21(19,20)15-11-9-13(2)10-12-15/h4-12,16H,3H2,1-2H3. The van der Waals surface area contributed by atoms with Crippen molar-refractivity contribution in [2.45, 2.75) is 31.2 Å². The lowest BCUT2D eigenvalue weighted by molar-refractivity contribution is 0.587. The lowest BCUT2D eigenvalue weighted by Crippen LogP contribution is -1.98. The fourth-order valence-electron chi connectivity index (χ4n) is 1.94. The fourth-order valence-corrected chi connectivity index (χ4v) is 2.75. The van der Waals surface area contributed by atoms with E-state index in [1.807, 2.05) is 44.2 Å². The van der Waals surface area contributed by atoms with Crippen LogP contribution >= 0.6 is 0 Å². The average molecular weight is 302 g/mol. The van der Waals surface area contributed by atoms with E-state index in [0.717, 1.165) is 11.1 Å². The highest BCUT2D eigenvalue weighted by molar-refractivity contribution is 7.90. The molecule has 2 aromatic rings. The summed E-state index contributed by atoms with van der Waals surface area (Å²) in [5, 5.41) is 4.02. The molecule has 0 radical (unpaired) electrons. The summed E-state index contributed by atoms with van der Waals surface area (Å²) in [7, 11) is -3.73. The van der Waals surface area contributed by atoms with E-state index in [4.69, 9.17) is 0 Å². The van der Waals surface area contributed by atoms with E-state index in [0.29, 0.717) is 6.42 Å². The molecule has 0 fully saturated rings. The molecule has 0 bridgehead atoms. The molecule has 0 amide bonds. The molecule has 0 heterocycles. The Morgan fingerprint density at radius 1 is 1.00 bits per heavy atom. The maximum Gasteiger partial charge on any atom is 0.299 e. The van der Waals surface area contributed by atoms with Crippen LogP contribution in [-0.2, 0) is 10.0 Å². The van der Waals surface area contributed by atoms with Gasteiger partial charge < -0.3 is 0 Å². The normalized spacial score (nSPS) is 13.4. The van der Waals surface area contributed by atoms with Crippen LogP contribution in [0, 0.1) is 6.92 Å².